The molecule has 2 aromatic heterocycles. The number of pyridine rings is 2. The first-order valence-electron chi connectivity index (χ1n) is 11.5. The van der Waals surface area contributed by atoms with E-state index in [0.717, 1.165) is 94.6 Å². The van der Waals surface area contributed by atoms with Gasteiger partial charge in [0.15, 0.2) is 0 Å². The molecule has 4 N–H and O–H groups in total. The van der Waals surface area contributed by atoms with Crippen LogP contribution in [-0.2, 0) is 12.8 Å². The van der Waals surface area contributed by atoms with Crippen LogP contribution in [0.25, 0.3) is 21.8 Å². The molecule has 4 aromatic rings. The Bertz CT molecular complexity index is 1380. The monoisotopic (exact) mass is 496 g/mol. The zero-order valence-corrected chi connectivity index (χ0v) is 20.6. The van der Waals surface area contributed by atoms with E-state index in [0.29, 0.717) is 0 Å². The van der Waals surface area contributed by atoms with Crippen molar-refractivity contribution < 1.29 is 9.47 Å². The van der Waals surface area contributed by atoms with Crippen molar-refractivity contribution in [3.8, 4) is 11.5 Å². The van der Waals surface area contributed by atoms with Crippen molar-refractivity contribution in [3.05, 3.63) is 68.2 Å². The highest BCUT2D eigenvalue weighted by atomic mass is 35.5. The maximum atomic E-state index is 11.9. The van der Waals surface area contributed by atoms with Gasteiger partial charge in [0.05, 0.1) is 36.6 Å². The molecule has 0 atom stereocenters. The molecule has 0 radical (unpaired) electrons. The summed E-state index contributed by atoms with van der Waals surface area (Å²) in [5.74, 6) is 1.51. The molecule has 4 heterocycles. The van der Waals surface area contributed by atoms with Crippen LogP contribution in [0.1, 0.15) is 24.0 Å². The Morgan fingerprint density at radius 2 is 1.11 bits per heavy atom. The minimum atomic E-state index is 0. The summed E-state index contributed by atoms with van der Waals surface area (Å²) in [5.41, 5.74) is 5.36. The van der Waals surface area contributed by atoms with Gasteiger partial charge in [-0.25, -0.2) is 0 Å². The van der Waals surface area contributed by atoms with Crippen molar-refractivity contribution in [2.75, 3.05) is 37.9 Å². The minimum absolute atomic E-state index is 0. The summed E-state index contributed by atoms with van der Waals surface area (Å²) in [6.45, 7) is 1.86. The van der Waals surface area contributed by atoms with Gasteiger partial charge in [0.25, 0.3) is 11.1 Å². The Balaban J connectivity index is 0.000000160. The number of aromatic nitrogens is 2. The van der Waals surface area contributed by atoms with E-state index in [9.17, 15) is 9.59 Å². The van der Waals surface area contributed by atoms with E-state index >= 15 is 0 Å². The SMILES string of the molecule is COc1ccc2c3c(c(=O)[nH]c2c1)CCCN3.COc1ccc2c3c(c(=O)[nH]c2c1)CCCN3.Cl. The van der Waals surface area contributed by atoms with Crippen LogP contribution in [0.2, 0.25) is 0 Å². The summed E-state index contributed by atoms with van der Waals surface area (Å²) in [7, 11) is 3.24. The first-order valence-corrected chi connectivity index (χ1v) is 11.5. The molecule has 2 aliphatic heterocycles. The van der Waals surface area contributed by atoms with Crippen LogP contribution in [0.5, 0.6) is 11.5 Å². The second kappa shape index (κ2) is 10.3. The summed E-state index contributed by atoms with van der Waals surface area (Å²) in [5, 5.41) is 8.76. The van der Waals surface area contributed by atoms with Gasteiger partial charge in [0.2, 0.25) is 0 Å². The van der Waals surface area contributed by atoms with Crippen LogP contribution in [0.15, 0.2) is 46.0 Å². The Morgan fingerprint density at radius 3 is 1.51 bits per heavy atom. The van der Waals surface area contributed by atoms with E-state index in [1.165, 1.54) is 0 Å². The number of halogens is 1. The molecule has 0 spiro atoms. The third kappa shape index (κ3) is 4.66. The highest BCUT2D eigenvalue weighted by Gasteiger charge is 2.17. The zero-order chi connectivity index (χ0) is 23.7. The highest BCUT2D eigenvalue weighted by Crippen LogP contribution is 2.30. The Labute approximate surface area is 208 Å². The molecule has 0 unspecified atom stereocenters. The van der Waals surface area contributed by atoms with Crippen LogP contribution in [0.4, 0.5) is 11.4 Å². The van der Waals surface area contributed by atoms with Crippen LogP contribution >= 0.6 is 12.4 Å². The van der Waals surface area contributed by atoms with Gasteiger partial charge in [-0.15, -0.1) is 12.4 Å². The lowest BCUT2D eigenvalue weighted by atomic mass is 10.0. The molecule has 0 amide bonds. The average molecular weight is 497 g/mol. The molecule has 0 bridgehead atoms. The summed E-state index contributed by atoms with van der Waals surface area (Å²) in [4.78, 5) is 29.7. The third-order valence-electron chi connectivity index (χ3n) is 6.45. The second-order valence-electron chi connectivity index (χ2n) is 8.50. The summed E-state index contributed by atoms with van der Waals surface area (Å²) < 4.78 is 10.3. The second-order valence-corrected chi connectivity index (χ2v) is 8.50. The van der Waals surface area contributed by atoms with Crippen molar-refractivity contribution in [3.63, 3.8) is 0 Å². The van der Waals surface area contributed by atoms with Gasteiger partial charge in [-0.2, -0.15) is 0 Å². The van der Waals surface area contributed by atoms with Gasteiger partial charge < -0.3 is 30.1 Å². The molecule has 0 saturated heterocycles. The quantitative estimate of drug-likeness (QED) is 0.331. The van der Waals surface area contributed by atoms with Crippen LogP contribution in [-0.4, -0.2) is 37.3 Å². The topological polar surface area (TPSA) is 108 Å². The van der Waals surface area contributed by atoms with Crippen LogP contribution in [0, 0.1) is 0 Å². The normalized spacial score (nSPS) is 13.8. The number of hydrogen-bond donors (Lipinski definition) is 4. The maximum absolute atomic E-state index is 11.9. The van der Waals surface area contributed by atoms with E-state index in [4.69, 9.17) is 9.47 Å². The maximum Gasteiger partial charge on any atom is 0.253 e. The summed E-state index contributed by atoms with van der Waals surface area (Å²) >= 11 is 0. The molecule has 2 aliphatic rings. The van der Waals surface area contributed by atoms with Gasteiger partial charge in [-0.3, -0.25) is 9.59 Å². The Morgan fingerprint density at radius 1 is 0.686 bits per heavy atom. The fraction of sp³-hybridized carbons (Fsp3) is 0.308. The van der Waals surface area contributed by atoms with E-state index in [1.54, 1.807) is 14.2 Å². The number of methoxy groups -OCH3 is 2. The number of rotatable bonds is 2. The molecule has 0 aliphatic carbocycles. The third-order valence-corrected chi connectivity index (χ3v) is 6.45. The molecule has 9 heteroatoms. The molecule has 0 saturated carbocycles. The standard InChI is InChI=1S/2C13H14N2O2.ClH/c2*1-17-8-4-5-9-11(7-8)15-13(16)10-3-2-6-14-12(9)10;/h2*4-5,7,14H,2-3,6H2,1H3,(H,15,16);1H. The predicted octanol–water partition coefficient (Wildman–Crippen LogP) is 4.21. The number of H-pyrrole nitrogens is 2. The molecular weight excluding hydrogens is 468 g/mol. The van der Waals surface area contributed by atoms with Crippen LogP contribution in [0.3, 0.4) is 0 Å². The molecule has 35 heavy (non-hydrogen) atoms. The minimum Gasteiger partial charge on any atom is -0.497 e. The van der Waals surface area contributed by atoms with Crippen molar-refractivity contribution in [2.24, 2.45) is 0 Å². The smallest absolute Gasteiger partial charge is 0.253 e. The van der Waals surface area contributed by atoms with Gasteiger partial charge in [-0.1, -0.05) is 0 Å². The zero-order valence-electron chi connectivity index (χ0n) is 19.7. The Kier molecular flexibility index (Phi) is 7.21. The molecule has 6 rings (SSSR count). The molecule has 0 fully saturated rings. The largest absolute Gasteiger partial charge is 0.497 e. The highest BCUT2D eigenvalue weighted by molar-refractivity contribution is 5.94. The van der Waals surface area contributed by atoms with E-state index in [2.05, 4.69) is 20.6 Å². The Hall–Kier alpha value is -3.65. The van der Waals surface area contributed by atoms with Crippen molar-refractivity contribution in [2.45, 2.75) is 25.7 Å². The summed E-state index contributed by atoms with van der Waals surface area (Å²) in [6, 6.07) is 11.5. The predicted molar refractivity (Wildman–Crippen MR) is 143 cm³/mol. The molecule has 184 valence electrons. The van der Waals surface area contributed by atoms with E-state index in [1.807, 2.05) is 36.4 Å². The number of aromatic amines is 2. The van der Waals surface area contributed by atoms with Crippen molar-refractivity contribution in [1.82, 2.24) is 9.97 Å². The van der Waals surface area contributed by atoms with Gasteiger partial charge in [0.1, 0.15) is 11.5 Å². The summed E-state index contributed by atoms with van der Waals surface area (Å²) in [6.07, 6.45) is 3.72. The van der Waals surface area contributed by atoms with Gasteiger partial charge >= 0.3 is 0 Å². The number of fused-ring (bicyclic) bond motifs is 6. The number of hydrogen-bond acceptors (Lipinski definition) is 6. The van der Waals surface area contributed by atoms with Crippen molar-refractivity contribution in [1.29, 1.82) is 0 Å². The average Bonchev–Trinajstić information content (AvgIpc) is 2.89. The molecule has 8 nitrogen and oxygen atoms in total. The van der Waals surface area contributed by atoms with E-state index in [-0.39, 0.29) is 23.5 Å². The number of ether oxygens (including phenoxy) is 2. The molecule has 2 aromatic carbocycles. The first-order chi connectivity index (χ1) is 16.6. The fourth-order valence-electron chi connectivity index (χ4n) is 4.73. The van der Waals surface area contributed by atoms with E-state index < -0.39 is 0 Å². The lowest BCUT2D eigenvalue weighted by Gasteiger charge is -2.19. The van der Waals surface area contributed by atoms with Gasteiger partial charge in [0, 0.05) is 47.1 Å². The first kappa shape index (κ1) is 24.5. The number of anilines is 2. The van der Waals surface area contributed by atoms with Crippen LogP contribution < -0.4 is 31.2 Å². The fourth-order valence-corrected chi connectivity index (χ4v) is 4.73. The lowest BCUT2D eigenvalue weighted by molar-refractivity contribution is 0.415. The van der Waals surface area contributed by atoms with Crippen molar-refractivity contribution >= 4 is 45.6 Å². The van der Waals surface area contributed by atoms with Gasteiger partial charge in [-0.05, 0) is 49.9 Å². The molecular formula is C26H29ClN4O4. The lowest BCUT2D eigenvalue weighted by Crippen LogP contribution is -2.22. The number of nitrogens with one attached hydrogen (secondary N) is 4. The number of benzene rings is 2.